The minimum absolute atomic E-state index is 0.0927. The summed E-state index contributed by atoms with van der Waals surface area (Å²) in [5.74, 6) is 0.222. The van der Waals surface area contributed by atoms with Gasteiger partial charge in [0.1, 0.15) is 0 Å². The second-order valence-corrected chi connectivity index (χ2v) is 5.77. The lowest BCUT2D eigenvalue weighted by Gasteiger charge is -2.08. The topological polar surface area (TPSA) is 55.1 Å². The average molecular weight is 307 g/mol. The number of rotatable bonds is 4. The number of carbonyl (C=O) groups is 1. The molecule has 2 aromatic carbocycles. The third-order valence-corrected chi connectivity index (χ3v) is 4.21. The van der Waals surface area contributed by atoms with Gasteiger partial charge in [0.2, 0.25) is 5.91 Å². The Labute approximate surface area is 127 Å². The second kappa shape index (κ2) is 6.68. The van der Waals surface area contributed by atoms with Gasteiger partial charge in [-0.25, -0.2) is 0 Å². The largest absolute Gasteiger partial charge is 0.399 e. The van der Waals surface area contributed by atoms with Gasteiger partial charge in [-0.1, -0.05) is 29.8 Å². The van der Waals surface area contributed by atoms with E-state index in [0.717, 1.165) is 10.5 Å². The molecule has 20 heavy (non-hydrogen) atoms. The van der Waals surface area contributed by atoms with Crippen molar-refractivity contribution in [2.75, 3.05) is 16.8 Å². The van der Waals surface area contributed by atoms with E-state index in [4.69, 9.17) is 17.3 Å². The molecule has 0 spiro atoms. The Bertz CT molecular complexity index is 631. The highest BCUT2D eigenvalue weighted by atomic mass is 35.5. The van der Waals surface area contributed by atoms with Crippen molar-refractivity contribution in [3.8, 4) is 0 Å². The second-order valence-electron chi connectivity index (χ2n) is 4.34. The van der Waals surface area contributed by atoms with Crippen molar-refractivity contribution in [1.82, 2.24) is 0 Å². The van der Waals surface area contributed by atoms with Crippen molar-refractivity contribution in [3.05, 3.63) is 53.1 Å². The molecule has 3 nitrogen and oxygen atoms in total. The Morgan fingerprint density at radius 3 is 2.80 bits per heavy atom. The molecule has 3 N–H and O–H groups in total. The molecular weight excluding hydrogens is 292 g/mol. The fourth-order valence-electron chi connectivity index (χ4n) is 1.66. The first-order chi connectivity index (χ1) is 9.56. The lowest BCUT2D eigenvalue weighted by molar-refractivity contribution is -0.113. The van der Waals surface area contributed by atoms with Gasteiger partial charge >= 0.3 is 0 Å². The number of nitrogens with two attached hydrogens (primary N) is 1. The molecule has 0 bridgehead atoms. The molecule has 0 radical (unpaired) electrons. The quantitative estimate of drug-likeness (QED) is 0.664. The summed E-state index contributed by atoms with van der Waals surface area (Å²) in [4.78, 5) is 12.9. The van der Waals surface area contributed by atoms with Crippen molar-refractivity contribution in [3.63, 3.8) is 0 Å². The maximum atomic E-state index is 11.9. The van der Waals surface area contributed by atoms with Gasteiger partial charge in [0, 0.05) is 10.6 Å². The number of nitrogen functional groups attached to an aromatic ring is 1. The van der Waals surface area contributed by atoms with Crippen LogP contribution < -0.4 is 11.1 Å². The van der Waals surface area contributed by atoms with E-state index in [0.29, 0.717) is 22.2 Å². The molecule has 0 saturated heterocycles. The highest BCUT2D eigenvalue weighted by molar-refractivity contribution is 8.00. The van der Waals surface area contributed by atoms with Crippen LogP contribution in [-0.4, -0.2) is 11.7 Å². The smallest absolute Gasteiger partial charge is 0.234 e. The van der Waals surface area contributed by atoms with Gasteiger partial charge in [0.05, 0.1) is 16.5 Å². The summed E-state index contributed by atoms with van der Waals surface area (Å²) in [5.41, 5.74) is 8.18. The van der Waals surface area contributed by atoms with E-state index >= 15 is 0 Å². The van der Waals surface area contributed by atoms with Crippen LogP contribution in [0.15, 0.2) is 47.4 Å². The van der Waals surface area contributed by atoms with Gasteiger partial charge in [0.25, 0.3) is 0 Å². The number of amides is 1. The van der Waals surface area contributed by atoms with E-state index in [2.05, 4.69) is 5.32 Å². The van der Waals surface area contributed by atoms with Gasteiger partial charge in [-0.2, -0.15) is 0 Å². The summed E-state index contributed by atoms with van der Waals surface area (Å²) in [6.45, 7) is 1.99. The van der Waals surface area contributed by atoms with Crippen LogP contribution in [0.3, 0.4) is 0 Å². The average Bonchev–Trinajstić information content (AvgIpc) is 2.42. The molecule has 5 heteroatoms. The lowest BCUT2D eigenvalue weighted by atomic mass is 10.2. The van der Waals surface area contributed by atoms with Gasteiger partial charge < -0.3 is 11.1 Å². The zero-order chi connectivity index (χ0) is 14.5. The lowest BCUT2D eigenvalue weighted by Crippen LogP contribution is -2.14. The third-order valence-electron chi connectivity index (χ3n) is 2.72. The Morgan fingerprint density at radius 1 is 1.30 bits per heavy atom. The molecule has 0 saturated carbocycles. The number of anilines is 2. The molecular formula is C15H15ClN2OS. The summed E-state index contributed by atoms with van der Waals surface area (Å²) in [7, 11) is 0. The summed E-state index contributed by atoms with van der Waals surface area (Å²) in [6, 6.07) is 12.8. The van der Waals surface area contributed by atoms with E-state index in [1.807, 2.05) is 37.3 Å². The van der Waals surface area contributed by atoms with Crippen LogP contribution in [0.25, 0.3) is 0 Å². The first-order valence-electron chi connectivity index (χ1n) is 6.09. The number of hydrogen-bond donors (Lipinski definition) is 2. The first kappa shape index (κ1) is 14.8. The maximum absolute atomic E-state index is 11.9. The monoisotopic (exact) mass is 306 g/mol. The summed E-state index contributed by atoms with van der Waals surface area (Å²) in [6.07, 6.45) is 0. The summed E-state index contributed by atoms with van der Waals surface area (Å²) >= 11 is 7.45. The van der Waals surface area contributed by atoms with Gasteiger partial charge in [0.15, 0.2) is 0 Å². The highest BCUT2D eigenvalue weighted by Gasteiger charge is 2.07. The Hall–Kier alpha value is -1.65. The molecule has 2 aromatic rings. The predicted octanol–water partition coefficient (Wildman–Crippen LogP) is 3.96. The number of carbonyl (C=O) groups excluding carboxylic acids is 1. The summed E-state index contributed by atoms with van der Waals surface area (Å²) in [5, 5.41) is 3.32. The molecule has 1 amide bonds. The minimum Gasteiger partial charge on any atom is -0.399 e. The summed E-state index contributed by atoms with van der Waals surface area (Å²) < 4.78 is 0. The van der Waals surface area contributed by atoms with Crippen molar-refractivity contribution in [2.24, 2.45) is 0 Å². The SMILES string of the molecule is Cc1ccc(N)cc1SCC(=O)Nc1ccccc1Cl. The third kappa shape index (κ3) is 3.92. The molecule has 2 rings (SSSR count). The van der Waals surface area contributed by atoms with Crippen molar-refractivity contribution < 1.29 is 4.79 Å². The van der Waals surface area contributed by atoms with Crippen LogP contribution in [0.4, 0.5) is 11.4 Å². The molecule has 0 aromatic heterocycles. The fourth-order valence-corrected chi connectivity index (χ4v) is 2.72. The minimum atomic E-state index is -0.0927. The number of para-hydroxylation sites is 1. The van der Waals surface area contributed by atoms with Crippen molar-refractivity contribution in [1.29, 1.82) is 0 Å². The molecule has 104 valence electrons. The number of halogens is 1. The van der Waals surface area contributed by atoms with Crippen molar-refractivity contribution >= 4 is 40.6 Å². The number of benzene rings is 2. The Morgan fingerprint density at radius 2 is 2.05 bits per heavy atom. The zero-order valence-corrected chi connectivity index (χ0v) is 12.6. The van der Waals surface area contributed by atoms with Crippen LogP contribution in [0.2, 0.25) is 5.02 Å². The predicted molar refractivity (Wildman–Crippen MR) is 86.4 cm³/mol. The van der Waals surface area contributed by atoms with Crippen LogP contribution in [-0.2, 0) is 4.79 Å². The number of aryl methyl sites for hydroxylation is 1. The van der Waals surface area contributed by atoms with E-state index in [1.165, 1.54) is 11.8 Å². The van der Waals surface area contributed by atoms with Gasteiger partial charge in [-0.3, -0.25) is 4.79 Å². The van der Waals surface area contributed by atoms with Crippen LogP contribution in [0.1, 0.15) is 5.56 Å². The van der Waals surface area contributed by atoms with Gasteiger partial charge in [-0.05, 0) is 36.8 Å². The fraction of sp³-hybridized carbons (Fsp3) is 0.133. The number of thioether (sulfide) groups is 1. The first-order valence-corrected chi connectivity index (χ1v) is 7.46. The van der Waals surface area contributed by atoms with Crippen LogP contribution in [0, 0.1) is 6.92 Å². The standard InChI is InChI=1S/C15H15ClN2OS/c1-10-6-7-11(17)8-14(10)20-9-15(19)18-13-5-3-2-4-12(13)16/h2-8H,9,17H2,1H3,(H,18,19). The maximum Gasteiger partial charge on any atom is 0.234 e. The van der Waals surface area contributed by atoms with E-state index in [9.17, 15) is 4.79 Å². The van der Waals surface area contributed by atoms with E-state index in [-0.39, 0.29) is 5.91 Å². The van der Waals surface area contributed by atoms with E-state index in [1.54, 1.807) is 12.1 Å². The Kier molecular flexibility index (Phi) is 4.93. The molecule has 0 aliphatic heterocycles. The van der Waals surface area contributed by atoms with Crippen LogP contribution in [0.5, 0.6) is 0 Å². The molecule has 0 heterocycles. The molecule has 0 unspecified atom stereocenters. The molecule has 0 aliphatic rings. The van der Waals surface area contributed by atoms with E-state index < -0.39 is 0 Å². The molecule has 0 aliphatic carbocycles. The van der Waals surface area contributed by atoms with Crippen molar-refractivity contribution in [2.45, 2.75) is 11.8 Å². The zero-order valence-electron chi connectivity index (χ0n) is 11.0. The molecule has 0 atom stereocenters. The molecule has 0 fully saturated rings. The highest BCUT2D eigenvalue weighted by Crippen LogP contribution is 2.25. The normalized spacial score (nSPS) is 10.3. The van der Waals surface area contributed by atoms with Crippen LogP contribution >= 0.6 is 23.4 Å². The van der Waals surface area contributed by atoms with Gasteiger partial charge in [-0.15, -0.1) is 11.8 Å². The number of nitrogens with one attached hydrogen (secondary N) is 1. The number of hydrogen-bond acceptors (Lipinski definition) is 3. The Balaban J connectivity index is 1.96.